The number of benzene rings is 2. The minimum absolute atomic E-state index is 0.144. The number of anilines is 1. The van der Waals surface area contributed by atoms with Gasteiger partial charge in [0.05, 0.1) is 19.4 Å². The molecule has 0 radical (unpaired) electrons. The predicted molar refractivity (Wildman–Crippen MR) is 121 cm³/mol. The van der Waals surface area contributed by atoms with Crippen LogP contribution in [-0.4, -0.2) is 30.7 Å². The van der Waals surface area contributed by atoms with Crippen LogP contribution in [0.25, 0.3) is 11.1 Å². The third-order valence-corrected chi connectivity index (χ3v) is 6.51. The van der Waals surface area contributed by atoms with Crippen LogP contribution in [0, 0.1) is 0 Å². The van der Waals surface area contributed by atoms with E-state index in [-0.39, 0.29) is 23.1 Å². The van der Waals surface area contributed by atoms with Crippen LogP contribution in [0.15, 0.2) is 48.5 Å². The molecule has 3 aromatic rings. The number of carboxylic acid groups (broad SMARTS) is 1. The van der Waals surface area contributed by atoms with E-state index < -0.39 is 5.97 Å². The number of methoxy groups -OCH3 is 1. The zero-order valence-electron chi connectivity index (χ0n) is 17.3. The van der Waals surface area contributed by atoms with Crippen LogP contribution in [-0.2, 0) is 4.79 Å². The molecule has 160 valence electrons. The highest BCUT2D eigenvalue weighted by molar-refractivity contribution is 7.15. The van der Waals surface area contributed by atoms with Crippen LogP contribution in [0.5, 0.6) is 11.5 Å². The number of aromatic carboxylic acids is 1. The summed E-state index contributed by atoms with van der Waals surface area (Å²) >= 11 is 1.22. The summed E-state index contributed by atoms with van der Waals surface area (Å²) in [6.07, 6.45) is 1.12. The maximum atomic E-state index is 12.6. The average Bonchev–Trinajstić information content (AvgIpc) is 3.17. The second-order valence-electron chi connectivity index (χ2n) is 7.28. The Bertz CT molecular complexity index is 1120. The van der Waals surface area contributed by atoms with Crippen molar-refractivity contribution in [1.29, 1.82) is 0 Å². The van der Waals surface area contributed by atoms with E-state index in [0.29, 0.717) is 29.4 Å². The number of thiophene rings is 1. The molecule has 0 saturated carbocycles. The van der Waals surface area contributed by atoms with Gasteiger partial charge in [-0.1, -0.05) is 43.3 Å². The Morgan fingerprint density at radius 3 is 2.65 bits per heavy atom. The molecular weight excluding hydrogens is 414 g/mol. The first-order chi connectivity index (χ1) is 15.0. The molecule has 2 heterocycles. The molecule has 0 fully saturated rings. The zero-order valence-corrected chi connectivity index (χ0v) is 18.1. The van der Waals surface area contributed by atoms with E-state index in [2.05, 4.69) is 5.32 Å². The van der Waals surface area contributed by atoms with E-state index in [0.717, 1.165) is 22.4 Å². The van der Waals surface area contributed by atoms with Crippen molar-refractivity contribution in [2.45, 2.75) is 25.7 Å². The highest BCUT2D eigenvalue weighted by Crippen LogP contribution is 2.50. The summed E-state index contributed by atoms with van der Waals surface area (Å²) in [6.45, 7) is 2.61. The molecule has 2 N–H and O–H groups in total. The van der Waals surface area contributed by atoms with E-state index in [9.17, 15) is 14.7 Å². The lowest BCUT2D eigenvalue weighted by Crippen LogP contribution is -2.22. The molecule has 6 nitrogen and oxygen atoms in total. The Hall–Kier alpha value is -3.32. The van der Waals surface area contributed by atoms with Gasteiger partial charge in [-0.3, -0.25) is 4.79 Å². The van der Waals surface area contributed by atoms with Crippen LogP contribution in [0.3, 0.4) is 0 Å². The normalized spacial score (nSPS) is 15.2. The van der Waals surface area contributed by atoms with Gasteiger partial charge in [-0.05, 0) is 29.7 Å². The standard InChI is InChI=1S/C24H23NO5S/c1-3-11-30-17-10-9-15(12-18(17)29-2)16-13-19(26)25-21-20(14-7-5-4-6-8-14)23(24(27)28)31-22(16)21/h4-10,12,16H,3,11,13H2,1-2H3,(H,25,26)(H,27,28)/t16-/m0/s1. The number of rotatable bonds is 7. The van der Waals surface area contributed by atoms with Crippen LogP contribution in [0.2, 0.25) is 0 Å². The Labute approximate surface area is 184 Å². The van der Waals surface area contributed by atoms with E-state index in [1.807, 2.05) is 55.5 Å². The number of hydrogen-bond donors (Lipinski definition) is 2. The zero-order chi connectivity index (χ0) is 22.0. The molecule has 0 bridgehead atoms. The molecule has 4 rings (SSSR count). The molecule has 0 aliphatic carbocycles. The lowest BCUT2D eigenvalue weighted by atomic mass is 9.88. The number of hydrogen-bond acceptors (Lipinski definition) is 5. The maximum Gasteiger partial charge on any atom is 0.346 e. The van der Waals surface area contributed by atoms with Gasteiger partial charge < -0.3 is 19.9 Å². The lowest BCUT2D eigenvalue weighted by molar-refractivity contribution is -0.116. The fourth-order valence-corrected chi connectivity index (χ4v) is 5.07. The van der Waals surface area contributed by atoms with Crippen molar-refractivity contribution < 1.29 is 24.2 Å². The number of nitrogens with one attached hydrogen (secondary N) is 1. The van der Waals surface area contributed by atoms with Gasteiger partial charge >= 0.3 is 5.97 Å². The number of fused-ring (bicyclic) bond motifs is 1. The van der Waals surface area contributed by atoms with Crippen LogP contribution >= 0.6 is 11.3 Å². The molecule has 0 saturated heterocycles. The van der Waals surface area contributed by atoms with Crippen molar-refractivity contribution in [3.63, 3.8) is 0 Å². The molecule has 0 unspecified atom stereocenters. The van der Waals surface area contributed by atoms with Crippen molar-refractivity contribution in [2.75, 3.05) is 19.0 Å². The Morgan fingerprint density at radius 2 is 1.97 bits per heavy atom. The third kappa shape index (κ3) is 4.01. The SMILES string of the molecule is CCCOc1ccc([C@@H]2CC(=O)Nc3c2sc(C(=O)O)c3-c2ccccc2)cc1OC. The third-order valence-electron chi connectivity index (χ3n) is 5.21. The summed E-state index contributed by atoms with van der Waals surface area (Å²) in [5, 5.41) is 12.8. The molecular formula is C24H23NO5S. The smallest absolute Gasteiger partial charge is 0.346 e. The summed E-state index contributed by atoms with van der Waals surface area (Å²) in [6, 6.07) is 14.9. The van der Waals surface area contributed by atoms with E-state index >= 15 is 0 Å². The first-order valence-electron chi connectivity index (χ1n) is 10.1. The number of carbonyl (C=O) groups is 2. The van der Waals surface area contributed by atoms with Gasteiger partial charge in [0.15, 0.2) is 11.5 Å². The Balaban J connectivity index is 1.83. The van der Waals surface area contributed by atoms with E-state index in [1.165, 1.54) is 11.3 Å². The number of amides is 1. The summed E-state index contributed by atoms with van der Waals surface area (Å²) in [7, 11) is 1.58. The maximum absolute atomic E-state index is 12.6. The van der Waals surface area contributed by atoms with Gasteiger partial charge in [-0.2, -0.15) is 0 Å². The molecule has 0 spiro atoms. The van der Waals surface area contributed by atoms with Crippen LogP contribution in [0.1, 0.15) is 45.8 Å². The lowest BCUT2D eigenvalue weighted by Gasteiger charge is -2.24. The minimum atomic E-state index is -1.01. The first-order valence-corrected chi connectivity index (χ1v) is 10.9. The van der Waals surface area contributed by atoms with Gasteiger partial charge in [-0.15, -0.1) is 11.3 Å². The molecule has 31 heavy (non-hydrogen) atoms. The Morgan fingerprint density at radius 1 is 1.19 bits per heavy atom. The molecule has 7 heteroatoms. The van der Waals surface area contributed by atoms with Crippen LogP contribution < -0.4 is 14.8 Å². The van der Waals surface area contributed by atoms with E-state index in [4.69, 9.17) is 9.47 Å². The average molecular weight is 438 g/mol. The number of carbonyl (C=O) groups excluding carboxylic acids is 1. The fraction of sp³-hybridized carbons (Fsp3) is 0.250. The number of ether oxygens (including phenoxy) is 2. The fourth-order valence-electron chi connectivity index (χ4n) is 3.82. The van der Waals surface area contributed by atoms with Gasteiger partial charge in [0, 0.05) is 22.8 Å². The van der Waals surface area contributed by atoms with Crippen molar-refractivity contribution in [3.05, 3.63) is 63.8 Å². The van der Waals surface area contributed by atoms with Gasteiger partial charge in [-0.25, -0.2) is 4.79 Å². The molecule has 2 aromatic carbocycles. The molecule has 1 aliphatic rings. The summed E-state index contributed by atoms with van der Waals surface area (Å²) < 4.78 is 11.3. The van der Waals surface area contributed by atoms with Gasteiger partial charge in [0.2, 0.25) is 5.91 Å². The second kappa shape index (κ2) is 8.81. The van der Waals surface area contributed by atoms with E-state index in [1.54, 1.807) is 7.11 Å². The first kappa shape index (κ1) is 20.9. The second-order valence-corrected chi connectivity index (χ2v) is 8.33. The van der Waals surface area contributed by atoms with Crippen molar-refractivity contribution in [1.82, 2.24) is 0 Å². The van der Waals surface area contributed by atoms with Crippen molar-refractivity contribution >= 4 is 28.9 Å². The topological polar surface area (TPSA) is 84.9 Å². The molecule has 1 aliphatic heterocycles. The molecule has 1 amide bonds. The predicted octanol–water partition coefficient (Wildman–Crippen LogP) is 5.38. The summed E-state index contributed by atoms with van der Waals surface area (Å²) in [4.78, 5) is 25.7. The molecule has 1 aromatic heterocycles. The van der Waals surface area contributed by atoms with Gasteiger partial charge in [0.25, 0.3) is 0 Å². The van der Waals surface area contributed by atoms with Crippen LogP contribution in [0.4, 0.5) is 5.69 Å². The number of carboxylic acids is 1. The minimum Gasteiger partial charge on any atom is -0.493 e. The largest absolute Gasteiger partial charge is 0.493 e. The quantitative estimate of drug-likeness (QED) is 0.518. The van der Waals surface area contributed by atoms with Crippen molar-refractivity contribution in [3.8, 4) is 22.6 Å². The van der Waals surface area contributed by atoms with Gasteiger partial charge in [0.1, 0.15) is 4.88 Å². The summed E-state index contributed by atoms with van der Waals surface area (Å²) in [5.74, 6) is -0.173. The van der Waals surface area contributed by atoms with Crippen molar-refractivity contribution in [2.24, 2.45) is 0 Å². The monoisotopic (exact) mass is 437 g/mol. The summed E-state index contributed by atoms with van der Waals surface area (Å²) in [5.41, 5.74) is 2.79. The highest BCUT2D eigenvalue weighted by atomic mass is 32.1. The Kier molecular flexibility index (Phi) is 5.95. The molecule has 1 atom stereocenters. The highest BCUT2D eigenvalue weighted by Gasteiger charge is 2.34.